The van der Waals surface area contributed by atoms with Gasteiger partial charge in [-0.05, 0) is 37.0 Å². The third-order valence-corrected chi connectivity index (χ3v) is 6.09. The minimum atomic E-state index is -3.48. The minimum Gasteiger partial charge on any atom is -0.393 e. The van der Waals surface area contributed by atoms with Crippen LogP contribution in [0.25, 0.3) is 0 Å². The maximum absolute atomic E-state index is 12.6. The van der Waals surface area contributed by atoms with E-state index in [2.05, 4.69) is 15.9 Å². The zero-order chi connectivity index (χ0) is 14.2. The monoisotopic (exact) mass is 347 g/mol. The van der Waals surface area contributed by atoms with E-state index in [1.165, 1.54) is 4.31 Å². The third-order valence-electron chi connectivity index (χ3n) is 3.59. The van der Waals surface area contributed by atoms with Crippen LogP contribution >= 0.6 is 15.9 Å². The highest BCUT2D eigenvalue weighted by molar-refractivity contribution is 9.10. The first-order valence-corrected chi connectivity index (χ1v) is 8.50. The van der Waals surface area contributed by atoms with Gasteiger partial charge in [0.15, 0.2) is 0 Å². The molecule has 2 unspecified atom stereocenters. The van der Waals surface area contributed by atoms with Crippen molar-refractivity contribution in [3.05, 3.63) is 28.2 Å². The topological polar surface area (TPSA) is 57.6 Å². The first-order valence-electron chi connectivity index (χ1n) is 6.26. The van der Waals surface area contributed by atoms with Crippen molar-refractivity contribution in [2.24, 2.45) is 5.92 Å². The Bertz CT molecular complexity index is 573. The molecule has 0 spiro atoms. The van der Waals surface area contributed by atoms with Gasteiger partial charge >= 0.3 is 0 Å². The largest absolute Gasteiger partial charge is 0.393 e. The van der Waals surface area contributed by atoms with Crippen molar-refractivity contribution in [1.82, 2.24) is 4.31 Å². The number of aliphatic hydroxyl groups excluding tert-OH is 1. The van der Waals surface area contributed by atoms with Crippen LogP contribution in [0.15, 0.2) is 27.6 Å². The second-order valence-corrected chi connectivity index (χ2v) is 7.93. The highest BCUT2D eigenvalue weighted by atomic mass is 79.9. The number of halogens is 1. The highest BCUT2D eigenvalue weighted by Gasteiger charge is 2.33. The molecule has 4 nitrogen and oxygen atoms in total. The number of benzene rings is 1. The average molecular weight is 348 g/mol. The van der Waals surface area contributed by atoms with Crippen LogP contribution in [0, 0.1) is 12.8 Å². The average Bonchev–Trinajstić information content (AvgIpc) is 2.35. The van der Waals surface area contributed by atoms with Crippen LogP contribution in [0.1, 0.15) is 18.9 Å². The first kappa shape index (κ1) is 15.0. The van der Waals surface area contributed by atoms with E-state index in [-0.39, 0.29) is 5.92 Å². The molecule has 0 aromatic heterocycles. The van der Waals surface area contributed by atoms with E-state index in [0.29, 0.717) is 24.4 Å². The molecular weight excluding hydrogens is 330 g/mol. The summed E-state index contributed by atoms with van der Waals surface area (Å²) in [7, 11) is -3.48. The van der Waals surface area contributed by atoms with Gasteiger partial charge in [0.05, 0.1) is 11.0 Å². The zero-order valence-electron chi connectivity index (χ0n) is 11.0. The molecule has 1 aromatic carbocycles. The third kappa shape index (κ3) is 3.02. The number of aliphatic hydroxyl groups is 1. The molecule has 0 saturated carbocycles. The molecule has 19 heavy (non-hydrogen) atoms. The van der Waals surface area contributed by atoms with Crippen molar-refractivity contribution in [2.45, 2.75) is 31.3 Å². The van der Waals surface area contributed by atoms with E-state index in [9.17, 15) is 13.5 Å². The summed E-state index contributed by atoms with van der Waals surface area (Å²) in [6.45, 7) is 4.41. The summed E-state index contributed by atoms with van der Waals surface area (Å²) in [4.78, 5) is 0.338. The molecule has 0 bridgehead atoms. The molecule has 0 radical (unpaired) electrons. The van der Waals surface area contributed by atoms with E-state index in [4.69, 9.17) is 0 Å². The highest BCUT2D eigenvalue weighted by Crippen LogP contribution is 2.27. The van der Waals surface area contributed by atoms with Gasteiger partial charge in [0.1, 0.15) is 0 Å². The molecular formula is C13H18BrNO3S. The van der Waals surface area contributed by atoms with Crippen molar-refractivity contribution < 1.29 is 13.5 Å². The number of rotatable bonds is 2. The Kier molecular flexibility index (Phi) is 4.35. The SMILES string of the molecule is Cc1ccc(Br)cc1S(=O)(=O)N1CCC(O)C(C)C1. The van der Waals surface area contributed by atoms with E-state index in [1.807, 2.05) is 13.0 Å². The molecule has 1 saturated heterocycles. The fourth-order valence-electron chi connectivity index (χ4n) is 2.30. The van der Waals surface area contributed by atoms with Crippen LogP contribution < -0.4 is 0 Å². The Morgan fingerprint density at radius 1 is 1.42 bits per heavy atom. The standard InChI is InChI=1S/C13H18BrNO3S/c1-9-3-4-11(14)7-13(9)19(17,18)15-6-5-12(16)10(2)8-15/h3-4,7,10,12,16H,5-6,8H2,1-2H3. The summed E-state index contributed by atoms with van der Waals surface area (Å²) in [5.74, 6) is -0.0315. The second kappa shape index (κ2) is 5.52. The number of hydrogen-bond donors (Lipinski definition) is 1. The summed E-state index contributed by atoms with van der Waals surface area (Å²) in [5, 5.41) is 9.70. The Morgan fingerprint density at radius 3 is 2.74 bits per heavy atom. The van der Waals surface area contributed by atoms with Gasteiger partial charge in [-0.1, -0.05) is 28.9 Å². The summed E-state index contributed by atoms with van der Waals surface area (Å²) in [6.07, 6.45) is 0.0861. The van der Waals surface area contributed by atoms with Crippen molar-refractivity contribution in [3.63, 3.8) is 0 Å². The van der Waals surface area contributed by atoms with Crippen LogP contribution in [0.5, 0.6) is 0 Å². The van der Waals surface area contributed by atoms with E-state index in [0.717, 1.165) is 10.0 Å². The molecule has 1 fully saturated rings. The molecule has 106 valence electrons. The van der Waals surface area contributed by atoms with Crippen molar-refractivity contribution in [2.75, 3.05) is 13.1 Å². The van der Waals surface area contributed by atoms with Gasteiger partial charge in [0, 0.05) is 17.6 Å². The molecule has 1 aliphatic heterocycles. The number of sulfonamides is 1. The van der Waals surface area contributed by atoms with Gasteiger partial charge in [-0.2, -0.15) is 4.31 Å². The minimum absolute atomic E-state index is 0.0315. The molecule has 6 heteroatoms. The molecule has 0 amide bonds. The van der Waals surface area contributed by atoms with E-state index < -0.39 is 16.1 Å². The lowest BCUT2D eigenvalue weighted by Crippen LogP contribution is -2.45. The lowest BCUT2D eigenvalue weighted by Gasteiger charge is -2.33. The molecule has 1 heterocycles. The first-order chi connectivity index (χ1) is 8.82. The molecule has 0 aliphatic carbocycles. The van der Waals surface area contributed by atoms with Crippen molar-refractivity contribution in [1.29, 1.82) is 0 Å². The summed E-state index contributed by atoms with van der Waals surface area (Å²) in [6, 6.07) is 5.26. The maximum atomic E-state index is 12.6. The predicted molar refractivity (Wildman–Crippen MR) is 77.4 cm³/mol. The van der Waals surface area contributed by atoms with Crippen LogP contribution in [-0.4, -0.2) is 37.0 Å². The lowest BCUT2D eigenvalue weighted by molar-refractivity contribution is 0.0628. The number of nitrogens with zero attached hydrogens (tertiary/aromatic N) is 1. The van der Waals surface area contributed by atoms with E-state index in [1.54, 1.807) is 19.1 Å². The van der Waals surface area contributed by atoms with Crippen molar-refractivity contribution >= 4 is 26.0 Å². The number of piperidine rings is 1. The maximum Gasteiger partial charge on any atom is 0.243 e. The van der Waals surface area contributed by atoms with Gasteiger partial charge in [-0.25, -0.2) is 8.42 Å². The Labute approximate surface area is 122 Å². The molecule has 1 aliphatic rings. The van der Waals surface area contributed by atoms with Crippen LogP contribution in [0.4, 0.5) is 0 Å². The number of aryl methyl sites for hydroxylation is 1. The second-order valence-electron chi connectivity index (χ2n) is 5.11. The molecule has 1 N–H and O–H groups in total. The van der Waals surface area contributed by atoms with Crippen LogP contribution in [-0.2, 0) is 10.0 Å². The van der Waals surface area contributed by atoms with Crippen LogP contribution in [0.3, 0.4) is 0 Å². The van der Waals surface area contributed by atoms with Crippen LogP contribution in [0.2, 0.25) is 0 Å². The zero-order valence-corrected chi connectivity index (χ0v) is 13.4. The van der Waals surface area contributed by atoms with Crippen molar-refractivity contribution in [3.8, 4) is 0 Å². The fourth-order valence-corrected chi connectivity index (χ4v) is 4.62. The molecule has 1 aromatic rings. The van der Waals surface area contributed by atoms with Gasteiger partial charge in [0.25, 0.3) is 0 Å². The van der Waals surface area contributed by atoms with Gasteiger partial charge in [-0.3, -0.25) is 0 Å². The summed E-state index contributed by atoms with van der Waals surface area (Å²) in [5.41, 5.74) is 0.738. The molecule has 2 rings (SSSR count). The predicted octanol–water partition coefficient (Wildman–Crippen LogP) is 2.15. The summed E-state index contributed by atoms with van der Waals surface area (Å²) >= 11 is 3.31. The summed E-state index contributed by atoms with van der Waals surface area (Å²) < 4.78 is 27.5. The lowest BCUT2D eigenvalue weighted by atomic mass is 9.99. The fraction of sp³-hybridized carbons (Fsp3) is 0.538. The Hall–Kier alpha value is -0.430. The normalized spacial score (nSPS) is 25.5. The number of hydrogen-bond acceptors (Lipinski definition) is 3. The van der Waals surface area contributed by atoms with Gasteiger partial charge in [-0.15, -0.1) is 0 Å². The Balaban J connectivity index is 2.35. The van der Waals surface area contributed by atoms with E-state index >= 15 is 0 Å². The quantitative estimate of drug-likeness (QED) is 0.891. The smallest absolute Gasteiger partial charge is 0.243 e. The van der Waals surface area contributed by atoms with Gasteiger partial charge < -0.3 is 5.11 Å². The van der Waals surface area contributed by atoms with Gasteiger partial charge in [0.2, 0.25) is 10.0 Å². The Morgan fingerprint density at radius 2 is 2.11 bits per heavy atom. The molecule has 2 atom stereocenters.